The molecule has 3 rings (SSSR count). The second-order valence-electron chi connectivity index (χ2n) is 5.40. The highest BCUT2D eigenvalue weighted by Gasteiger charge is 2.13. The molecule has 6 nitrogen and oxygen atoms in total. The number of nitro benzene ring substituents is 1. The fraction of sp³-hybridized carbons (Fsp3) is 0.0526. The number of rotatable bonds is 5. The number of nitrogens with zero attached hydrogens (tertiary/aromatic N) is 3. The van der Waals surface area contributed by atoms with E-state index in [1.165, 1.54) is 23.5 Å². The molecule has 0 unspecified atom stereocenters. The van der Waals surface area contributed by atoms with E-state index < -0.39 is 4.92 Å². The van der Waals surface area contributed by atoms with Crippen LogP contribution in [0.15, 0.2) is 47.8 Å². The van der Waals surface area contributed by atoms with Crippen LogP contribution in [0.4, 0.5) is 5.69 Å². The van der Waals surface area contributed by atoms with Gasteiger partial charge in [-0.15, -0.1) is 11.3 Å². The molecular weight excluding hydrogens is 386 g/mol. The molecule has 0 aliphatic heterocycles. The zero-order valence-electron chi connectivity index (χ0n) is 14.0. The van der Waals surface area contributed by atoms with Crippen LogP contribution in [0.3, 0.4) is 0 Å². The van der Waals surface area contributed by atoms with Crippen molar-refractivity contribution >= 4 is 40.3 Å². The number of non-ortho nitro benzene ring substituents is 1. The van der Waals surface area contributed by atoms with Crippen molar-refractivity contribution in [3.05, 3.63) is 73.6 Å². The maximum absolute atomic E-state index is 10.7. The second kappa shape index (κ2) is 7.99. The fourth-order valence-corrected chi connectivity index (χ4v) is 3.36. The molecule has 0 radical (unpaired) electrons. The number of hydrogen-bond donors (Lipinski definition) is 0. The number of halogens is 1. The van der Waals surface area contributed by atoms with Crippen LogP contribution in [0.2, 0.25) is 5.02 Å². The number of nitriles is 1. The van der Waals surface area contributed by atoms with E-state index in [2.05, 4.69) is 11.1 Å². The summed E-state index contributed by atoms with van der Waals surface area (Å²) in [5.74, 6) is 0.633. The van der Waals surface area contributed by atoms with E-state index in [-0.39, 0.29) is 5.69 Å². The zero-order chi connectivity index (χ0) is 19.4. The minimum atomic E-state index is -0.468. The van der Waals surface area contributed by atoms with Crippen LogP contribution in [0.1, 0.15) is 10.6 Å². The molecule has 0 aliphatic carbocycles. The first-order valence-electron chi connectivity index (χ1n) is 7.68. The molecule has 8 heteroatoms. The number of methoxy groups -OCH3 is 1. The van der Waals surface area contributed by atoms with Gasteiger partial charge in [-0.1, -0.05) is 11.6 Å². The van der Waals surface area contributed by atoms with Crippen molar-refractivity contribution in [2.24, 2.45) is 0 Å². The van der Waals surface area contributed by atoms with Gasteiger partial charge in [0.15, 0.2) is 0 Å². The summed E-state index contributed by atoms with van der Waals surface area (Å²) in [7, 11) is 1.56. The molecule has 0 saturated carbocycles. The summed E-state index contributed by atoms with van der Waals surface area (Å²) in [6.45, 7) is 0. The highest BCUT2D eigenvalue weighted by molar-refractivity contribution is 7.11. The quantitative estimate of drug-likeness (QED) is 0.324. The van der Waals surface area contributed by atoms with Crippen molar-refractivity contribution < 1.29 is 9.66 Å². The molecule has 0 saturated heterocycles. The summed E-state index contributed by atoms with van der Waals surface area (Å²) < 4.78 is 5.35. The van der Waals surface area contributed by atoms with Gasteiger partial charge in [-0.2, -0.15) is 5.26 Å². The van der Waals surface area contributed by atoms with Gasteiger partial charge >= 0.3 is 0 Å². The Morgan fingerprint density at radius 2 is 2.07 bits per heavy atom. The number of hydrogen-bond acceptors (Lipinski definition) is 6. The van der Waals surface area contributed by atoms with E-state index in [4.69, 9.17) is 16.3 Å². The Morgan fingerprint density at radius 1 is 1.33 bits per heavy atom. The predicted octanol–water partition coefficient (Wildman–Crippen LogP) is 5.44. The SMILES string of the molecule is COc1ccc(Cl)cc1-c1csc(C(C#N)=Cc2ccc([N+](=O)[O-])cc2)n1. The third-order valence-corrected chi connectivity index (χ3v) is 4.82. The molecule has 1 aromatic heterocycles. The van der Waals surface area contributed by atoms with Crippen LogP contribution in [0, 0.1) is 21.4 Å². The normalized spacial score (nSPS) is 11.1. The van der Waals surface area contributed by atoms with Crippen LogP contribution in [-0.2, 0) is 0 Å². The van der Waals surface area contributed by atoms with E-state index in [9.17, 15) is 15.4 Å². The van der Waals surface area contributed by atoms with Crippen molar-refractivity contribution in [1.82, 2.24) is 4.98 Å². The van der Waals surface area contributed by atoms with Gasteiger partial charge in [0, 0.05) is 28.1 Å². The lowest BCUT2D eigenvalue weighted by Gasteiger charge is -2.06. The molecule has 27 heavy (non-hydrogen) atoms. The monoisotopic (exact) mass is 397 g/mol. The van der Waals surface area contributed by atoms with Crippen LogP contribution >= 0.6 is 22.9 Å². The number of allylic oxidation sites excluding steroid dienone is 1. The summed E-state index contributed by atoms with van der Waals surface area (Å²) in [5.41, 5.74) is 2.42. The van der Waals surface area contributed by atoms with E-state index in [1.807, 2.05) is 5.38 Å². The Morgan fingerprint density at radius 3 is 2.70 bits per heavy atom. The second-order valence-corrected chi connectivity index (χ2v) is 6.70. The smallest absolute Gasteiger partial charge is 0.269 e. The number of aromatic nitrogens is 1. The summed E-state index contributed by atoms with van der Waals surface area (Å²) in [4.78, 5) is 14.8. The maximum Gasteiger partial charge on any atom is 0.269 e. The Kier molecular flexibility index (Phi) is 5.50. The molecule has 0 atom stereocenters. The van der Waals surface area contributed by atoms with Gasteiger partial charge in [0.2, 0.25) is 0 Å². The Bertz CT molecular complexity index is 1070. The zero-order valence-corrected chi connectivity index (χ0v) is 15.6. The van der Waals surface area contributed by atoms with Gasteiger partial charge in [0.1, 0.15) is 16.8 Å². The molecule has 134 valence electrons. The van der Waals surface area contributed by atoms with Crippen molar-refractivity contribution in [2.45, 2.75) is 0 Å². The number of ether oxygens (including phenoxy) is 1. The van der Waals surface area contributed by atoms with E-state index >= 15 is 0 Å². The third kappa shape index (κ3) is 4.14. The first-order valence-corrected chi connectivity index (χ1v) is 8.93. The molecule has 0 bridgehead atoms. The highest BCUT2D eigenvalue weighted by atomic mass is 35.5. The van der Waals surface area contributed by atoms with Crippen LogP contribution in [0.5, 0.6) is 5.75 Å². The summed E-state index contributed by atoms with van der Waals surface area (Å²) in [6.07, 6.45) is 1.64. The number of benzene rings is 2. The first kappa shape index (κ1) is 18.6. The maximum atomic E-state index is 10.7. The lowest BCUT2D eigenvalue weighted by atomic mass is 10.1. The molecular formula is C19H12ClN3O3S. The third-order valence-electron chi connectivity index (χ3n) is 3.71. The summed E-state index contributed by atoms with van der Waals surface area (Å²) in [6, 6.07) is 13.3. The largest absolute Gasteiger partial charge is 0.496 e. The van der Waals surface area contributed by atoms with Crippen molar-refractivity contribution in [3.63, 3.8) is 0 Å². The Labute approximate surface area is 164 Å². The van der Waals surface area contributed by atoms with E-state index in [0.717, 1.165) is 5.56 Å². The molecule has 2 aromatic carbocycles. The van der Waals surface area contributed by atoms with Gasteiger partial charge in [0.05, 0.1) is 23.3 Å². The summed E-state index contributed by atoms with van der Waals surface area (Å²) in [5, 5.41) is 23.2. The van der Waals surface area contributed by atoms with E-state index in [1.54, 1.807) is 43.5 Å². The van der Waals surface area contributed by atoms with Crippen LogP contribution < -0.4 is 4.74 Å². The lowest BCUT2D eigenvalue weighted by molar-refractivity contribution is -0.384. The fourth-order valence-electron chi connectivity index (χ4n) is 2.40. The molecule has 0 aliphatic rings. The molecule has 0 N–H and O–H groups in total. The van der Waals surface area contributed by atoms with Gasteiger partial charge < -0.3 is 4.74 Å². The van der Waals surface area contributed by atoms with Crippen molar-refractivity contribution in [1.29, 1.82) is 5.26 Å². The Balaban J connectivity index is 1.95. The number of thiazole rings is 1. The highest BCUT2D eigenvalue weighted by Crippen LogP contribution is 2.34. The standard InChI is InChI=1S/C19H12ClN3O3S/c1-26-18-7-4-14(20)9-16(18)17-11-27-19(22-17)13(10-21)8-12-2-5-15(6-3-12)23(24)25/h2-9,11H,1H3. The van der Waals surface area contributed by atoms with Crippen molar-refractivity contribution in [2.75, 3.05) is 7.11 Å². The lowest BCUT2D eigenvalue weighted by Crippen LogP contribution is -1.89. The summed E-state index contributed by atoms with van der Waals surface area (Å²) >= 11 is 7.39. The van der Waals surface area contributed by atoms with Gasteiger partial charge in [0.25, 0.3) is 5.69 Å². The van der Waals surface area contributed by atoms with Crippen LogP contribution in [-0.4, -0.2) is 17.0 Å². The Hall–Kier alpha value is -3.21. The van der Waals surface area contributed by atoms with Crippen LogP contribution in [0.25, 0.3) is 22.9 Å². The van der Waals surface area contributed by atoms with Gasteiger partial charge in [-0.25, -0.2) is 4.98 Å². The average Bonchev–Trinajstić information content (AvgIpc) is 3.16. The molecule has 0 amide bonds. The molecule has 3 aromatic rings. The molecule has 0 spiro atoms. The minimum Gasteiger partial charge on any atom is -0.496 e. The molecule has 1 heterocycles. The first-order chi connectivity index (χ1) is 13.0. The topological polar surface area (TPSA) is 89.0 Å². The minimum absolute atomic E-state index is 0.00440. The number of nitro groups is 1. The van der Waals surface area contributed by atoms with Gasteiger partial charge in [-0.3, -0.25) is 10.1 Å². The predicted molar refractivity (Wildman–Crippen MR) is 106 cm³/mol. The van der Waals surface area contributed by atoms with Gasteiger partial charge in [-0.05, 0) is 42.0 Å². The van der Waals surface area contributed by atoms with E-state index in [0.29, 0.717) is 32.6 Å². The van der Waals surface area contributed by atoms with Crippen molar-refractivity contribution in [3.8, 4) is 23.1 Å². The average molecular weight is 398 g/mol. The molecule has 0 fully saturated rings.